The Kier molecular flexibility index (Phi) is 6.68. The van der Waals surface area contributed by atoms with E-state index in [0.29, 0.717) is 33.5 Å². The van der Waals surface area contributed by atoms with Crippen molar-refractivity contribution < 1.29 is 4.79 Å². The number of anilines is 2. The van der Waals surface area contributed by atoms with Crippen molar-refractivity contribution in [2.45, 2.75) is 26.2 Å². The van der Waals surface area contributed by atoms with Gasteiger partial charge in [0.1, 0.15) is 0 Å². The lowest BCUT2D eigenvalue weighted by Gasteiger charge is -2.10. The maximum Gasteiger partial charge on any atom is 0.252 e. The highest BCUT2D eigenvalue weighted by molar-refractivity contribution is 6.43. The summed E-state index contributed by atoms with van der Waals surface area (Å²) in [4.78, 5) is 16.2. The van der Waals surface area contributed by atoms with E-state index < -0.39 is 0 Å². The molecule has 2 rings (SSSR count). The van der Waals surface area contributed by atoms with Crippen LogP contribution in [0.15, 0.2) is 36.7 Å². The first-order chi connectivity index (χ1) is 11.1. The van der Waals surface area contributed by atoms with Crippen LogP contribution in [0.1, 0.15) is 36.5 Å². The third-order valence-electron chi connectivity index (χ3n) is 3.30. The van der Waals surface area contributed by atoms with E-state index in [1.807, 2.05) is 6.07 Å². The average Bonchev–Trinajstić information content (AvgIpc) is 2.56. The summed E-state index contributed by atoms with van der Waals surface area (Å²) in [6.07, 6.45) is 6.38. The summed E-state index contributed by atoms with van der Waals surface area (Å²) in [7, 11) is 0. The van der Waals surface area contributed by atoms with Gasteiger partial charge < -0.3 is 10.6 Å². The molecule has 0 saturated heterocycles. The Labute approximate surface area is 146 Å². The quantitative estimate of drug-likeness (QED) is 0.686. The van der Waals surface area contributed by atoms with Crippen LogP contribution in [0.25, 0.3) is 0 Å². The summed E-state index contributed by atoms with van der Waals surface area (Å²) >= 11 is 12.1. The first kappa shape index (κ1) is 17.6. The predicted octanol–water partition coefficient (Wildman–Crippen LogP) is 5.05. The summed E-state index contributed by atoms with van der Waals surface area (Å²) < 4.78 is 0. The van der Waals surface area contributed by atoms with Crippen LogP contribution in [0.3, 0.4) is 0 Å². The maximum absolute atomic E-state index is 12.1. The number of carbonyl (C=O) groups excluding carboxylic acids is 1. The van der Waals surface area contributed by atoms with Crippen LogP contribution < -0.4 is 10.6 Å². The lowest BCUT2D eigenvalue weighted by molar-refractivity contribution is 0.0952. The van der Waals surface area contributed by atoms with Gasteiger partial charge in [-0.3, -0.25) is 9.78 Å². The molecule has 0 unspecified atom stereocenters. The molecule has 122 valence electrons. The fraction of sp³-hybridized carbons (Fsp3) is 0.294. The summed E-state index contributed by atoms with van der Waals surface area (Å²) in [6.45, 7) is 2.80. The van der Waals surface area contributed by atoms with Crippen LogP contribution in [-0.2, 0) is 0 Å². The van der Waals surface area contributed by atoms with Crippen LogP contribution in [0.4, 0.5) is 11.4 Å². The number of unbranched alkanes of at least 4 members (excludes halogenated alkanes) is 2. The molecular weight excluding hydrogens is 333 g/mol. The SMILES string of the molecule is CCCCCNC(=O)c1cncc(Nc2cccc(Cl)c2Cl)c1. The number of rotatable bonds is 7. The summed E-state index contributed by atoms with van der Waals surface area (Å²) in [6, 6.07) is 7.06. The zero-order valence-corrected chi connectivity index (χ0v) is 14.4. The minimum atomic E-state index is -0.130. The van der Waals surface area contributed by atoms with Crippen LogP contribution in [0, 0.1) is 0 Å². The minimum absolute atomic E-state index is 0.130. The number of carbonyl (C=O) groups is 1. The molecule has 0 atom stereocenters. The van der Waals surface area contributed by atoms with Gasteiger partial charge in [-0.05, 0) is 24.6 Å². The Hall–Kier alpha value is -1.78. The van der Waals surface area contributed by atoms with Crippen LogP contribution >= 0.6 is 23.2 Å². The van der Waals surface area contributed by atoms with E-state index in [1.165, 1.54) is 0 Å². The lowest BCUT2D eigenvalue weighted by atomic mass is 10.2. The number of nitrogens with zero attached hydrogens (tertiary/aromatic N) is 1. The van der Waals surface area contributed by atoms with Crippen molar-refractivity contribution in [2.24, 2.45) is 0 Å². The average molecular weight is 352 g/mol. The van der Waals surface area contributed by atoms with Gasteiger partial charge in [-0.15, -0.1) is 0 Å². The topological polar surface area (TPSA) is 54.0 Å². The normalized spacial score (nSPS) is 10.4. The van der Waals surface area contributed by atoms with Crippen molar-refractivity contribution in [1.82, 2.24) is 10.3 Å². The molecule has 0 aliphatic heterocycles. The third kappa shape index (κ3) is 5.12. The van der Waals surface area contributed by atoms with Crippen LogP contribution in [0.2, 0.25) is 10.0 Å². The molecule has 0 spiro atoms. The first-order valence-corrected chi connectivity index (χ1v) is 8.31. The molecule has 23 heavy (non-hydrogen) atoms. The summed E-state index contributed by atoms with van der Waals surface area (Å²) in [5.41, 5.74) is 1.85. The van der Waals surface area contributed by atoms with Crippen molar-refractivity contribution in [3.63, 3.8) is 0 Å². The fourth-order valence-corrected chi connectivity index (χ4v) is 2.42. The molecule has 1 heterocycles. The van der Waals surface area contributed by atoms with Crippen LogP contribution in [-0.4, -0.2) is 17.4 Å². The molecule has 1 aromatic heterocycles. The Morgan fingerprint density at radius 2 is 2.04 bits per heavy atom. The number of hydrogen-bond donors (Lipinski definition) is 2. The molecule has 0 bridgehead atoms. The van der Waals surface area contributed by atoms with Gasteiger partial charge in [0.2, 0.25) is 0 Å². The Balaban J connectivity index is 2.04. The molecule has 0 radical (unpaired) electrons. The van der Waals surface area contributed by atoms with Gasteiger partial charge in [0, 0.05) is 12.7 Å². The van der Waals surface area contributed by atoms with E-state index >= 15 is 0 Å². The molecule has 6 heteroatoms. The van der Waals surface area contributed by atoms with Crippen LogP contribution in [0.5, 0.6) is 0 Å². The van der Waals surface area contributed by atoms with Crippen molar-refractivity contribution in [1.29, 1.82) is 0 Å². The molecule has 2 aromatic rings. The van der Waals surface area contributed by atoms with Gasteiger partial charge in [0.05, 0.1) is 33.2 Å². The highest BCUT2D eigenvalue weighted by Gasteiger charge is 2.08. The number of benzene rings is 1. The van der Waals surface area contributed by atoms with Gasteiger partial charge >= 0.3 is 0 Å². The standard InChI is InChI=1S/C17H19Cl2N3O/c1-2-3-4-8-21-17(23)12-9-13(11-20-10-12)22-15-7-5-6-14(18)16(15)19/h5-7,9-11,22H,2-4,8H2,1H3,(H,21,23). The predicted molar refractivity (Wildman–Crippen MR) is 95.8 cm³/mol. The van der Waals surface area contributed by atoms with E-state index in [4.69, 9.17) is 23.2 Å². The summed E-state index contributed by atoms with van der Waals surface area (Å²) in [5, 5.41) is 6.92. The van der Waals surface area contributed by atoms with E-state index in [9.17, 15) is 4.79 Å². The number of nitrogens with one attached hydrogen (secondary N) is 2. The summed E-state index contributed by atoms with van der Waals surface area (Å²) in [5.74, 6) is -0.130. The van der Waals surface area contributed by atoms with Gasteiger partial charge in [0.25, 0.3) is 5.91 Å². The third-order valence-corrected chi connectivity index (χ3v) is 4.12. The monoisotopic (exact) mass is 351 g/mol. The number of halogens is 2. The fourth-order valence-electron chi connectivity index (χ4n) is 2.07. The van der Waals surface area contributed by atoms with E-state index in [0.717, 1.165) is 19.3 Å². The molecule has 4 nitrogen and oxygen atoms in total. The smallest absolute Gasteiger partial charge is 0.252 e. The molecule has 1 amide bonds. The number of hydrogen-bond acceptors (Lipinski definition) is 3. The Bertz CT molecular complexity index is 677. The molecule has 0 aliphatic carbocycles. The lowest BCUT2D eigenvalue weighted by Crippen LogP contribution is -2.24. The number of amides is 1. The highest BCUT2D eigenvalue weighted by Crippen LogP contribution is 2.31. The Morgan fingerprint density at radius 3 is 2.83 bits per heavy atom. The largest absolute Gasteiger partial charge is 0.353 e. The van der Waals surface area contributed by atoms with Crippen molar-refractivity contribution in [2.75, 3.05) is 11.9 Å². The second kappa shape index (κ2) is 8.75. The zero-order valence-electron chi connectivity index (χ0n) is 12.9. The molecule has 2 N–H and O–H groups in total. The minimum Gasteiger partial charge on any atom is -0.353 e. The zero-order chi connectivity index (χ0) is 16.7. The van der Waals surface area contributed by atoms with Crippen molar-refractivity contribution >= 4 is 40.5 Å². The van der Waals surface area contributed by atoms with Gasteiger partial charge in [-0.25, -0.2) is 0 Å². The molecule has 0 saturated carbocycles. The maximum atomic E-state index is 12.1. The van der Waals surface area contributed by atoms with E-state index in [2.05, 4.69) is 22.5 Å². The van der Waals surface area contributed by atoms with Crippen molar-refractivity contribution in [3.05, 3.63) is 52.3 Å². The molecule has 1 aromatic carbocycles. The first-order valence-electron chi connectivity index (χ1n) is 7.56. The van der Waals surface area contributed by atoms with Gasteiger partial charge in [-0.2, -0.15) is 0 Å². The molecule has 0 fully saturated rings. The number of pyridine rings is 1. The van der Waals surface area contributed by atoms with E-state index in [-0.39, 0.29) is 5.91 Å². The molecular formula is C17H19Cl2N3O. The Morgan fingerprint density at radius 1 is 1.22 bits per heavy atom. The molecule has 0 aliphatic rings. The number of aromatic nitrogens is 1. The second-order valence-electron chi connectivity index (χ2n) is 5.15. The second-order valence-corrected chi connectivity index (χ2v) is 5.94. The highest BCUT2D eigenvalue weighted by atomic mass is 35.5. The van der Waals surface area contributed by atoms with Gasteiger partial charge in [-0.1, -0.05) is 49.0 Å². The van der Waals surface area contributed by atoms with E-state index in [1.54, 1.807) is 30.6 Å². The van der Waals surface area contributed by atoms with Crippen molar-refractivity contribution in [3.8, 4) is 0 Å². The van der Waals surface area contributed by atoms with Gasteiger partial charge in [0.15, 0.2) is 0 Å².